The molecule has 0 heterocycles. The molecule has 5 fully saturated rings. The maximum absolute atomic E-state index is 2.67. The van der Waals surface area contributed by atoms with Crippen molar-refractivity contribution in [2.24, 2.45) is 23.7 Å². The Kier molecular flexibility index (Phi) is 5.91. The van der Waals surface area contributed by atoms with Crippen molar-refractivity contribution in [1.29, 1.82) is 0 Å². The summed E-state index contributed by atoms with van der Waals surface area (Å²) in [7, 11) is 0. The highest BCUT2D eigenvalue weighted by molar-refractivity contribution is 5.92. The van der Waals surface area contributed by atoms with E-state index < -0.39 is 0 Å². The number of fused-ring (bicyclic) bond motifs is 9. The molecular formula is C47H45N. The molecule has 5 atom stereocenters. The molecule has 4 bridgehead atoms. The van der Waals surface area contributed by atoms with Gasteiger partial charge in [0.15, 0.2) is 0 Å². The Hall–Kier alpha value is -4.10. The standard InChI is InChI=1S/C47H45N/c1-3-12-35(13-4-1)48(36-22-23-39-37-14-5-7-17-41(37)46(43(39)30-36)24-9-2-10-25-46)44-19-11-16-40-38-15-6-8-18-42(38)47(45(40)44)33-21-20-31-26-32(28-33)29-34(47)27-31/h1,3-8,11-19,22-23,30-34H,2,9-10,20-21,24-29H2. The van der Waals surface area contributed by atoms with Crippen molar-refractivity contribution in [2.45, 2.75) is 81.5 Å². The second kappa shape index (κ2) is 10.2. The van der Waals surface area contributed by atoms with Crippen LogP contribution in [0.25, 0.3) is 22.3 Å². The summed E-state index contributed by atoms with van der Waals surface area (Å²) in [6.07, 6.45) is 15.0. The van der Waals surface area contributed by atoms with Gasteiger partial charge in [-0.05, 0) is 143 Å². The Morgan fingerprint density at radius 3 is 2.02 bits per heavy atom. The van der Waals surface area contributed by atoms with Crippen molar-refractivity contribution in [3.8, 4) is 22.3 Å². The second-order valence-electron chi connectivity index (χ2n) is 16.3. The van der Waals surface area contributed by atoms with Crippen LogP contribution in [0.1, 0.15) is 92.9 Å². The molecule has 238 valence electrons. The zero-order valence-corrected chi connectivity index (χ0v) is 28.0. The highest BCUT2D eigenvalue weighted by Crippen LogP contribution is 2.69. The van der Waals surface area contributed by atoms with Gasteiger partial charge < -0.3 is 4.90 Å². The van der Waals surface area contributed by atoms with E-state index in [4.69, 9.17) is 0 Å². The van der Waals surface area contributed by atoms with E-state index in [1.54, 1.807) is 22.3 Å². The quantitative estimate of drug-likeness (QED) is 0.193. The van der Waals surface area contributed by atoms with Gasteiger partial charge >= 0.3 is 0 Å². The number of rotatable bonds is 3. The van der Waals surface area contributed by atoms with Gasteiger partial charge in [-0.3, -0.25) is 0 Å². The fourth-order valence-corrected chi connectivity index (χ4v) is 12.8. The first-order valence-corrected chi connectivity index (χ1v) is 19.1. The second-order valence-corrected chi connectivity index (χ2v) is 16.3. The number of hydrogen-bond acceptors (Lipinski definition) is 1. The van der Waals surface area contributed by atoms with Crippen molar-refractivity contribution < 1.29 is 0 Å². The SMILES string of the molecule is c1ccc(N(c2ccc3c(c2)C2(CCCCC2)c2ccccc2-3)c2cccc3c2C2(c4ccccc4-3)C3CCC4CC(C3)CC2C4)cc1. The largest absolute Gasteiger partial charge is 0.310 e. The molecule has 48 heavy (non-hydrogen) atoms. The van der Waals surface area contributed by atoms with Gasteiger partial charge in [-0.15, -0.1) is 0 Å². The summed E-state index contributed by atoms with van der Waals surface area (Å²) < 4.78 is 0. The van der Waals surface area contributed by atoms with Gasteiger partial charge in [0.1, 0.15) is 0 Å². The van der Waals surface area contributed by atoms with E-state index in [2.05, 4.69) is 120 Å². The van der Waals surface area contributed by atoms with Crippen LogP contribution >= 0.6 is 0 Å². The highest BCUT2D eigenvalue weighted by atomic mass is 15.1. The number of benzene rings is 5. The van der Waals surface area contributed by atoms with Gasteiger partial charge in [-0.25, -0.2) is 0 Å². The molecule has 5 unspecified atom stereocenters. The number of hydrogen-bond donors (Lipinski definition) is 0. The molecule has 5 aromatic carbocycles. The van der Waals surface area contributed by atoms with Crippen LogP contribution in [0.4, 0.5) is 17.1 Å². The zero-order valence-electron chi connectivity index (χ0n) is 28.0. The van der Waals surface area contributed by atoms with Crippen LogP contribution in [0.5, 0.6) is 0 Å². The Labute approximate surface area is 286 Å². The first kappa shape index (κ1) is 27.8. The predicted octanol–water partition coefficient (Wildman–Crippen LogP) is 12.5. The third-order valence-corrected chi connectivity index (χ3v) is 14.3. The molecule has 0 aromatic heterocycles. The van der Waals surface area contributed by atoms with E-state index in [1.807, 2.05) is 0 Å². The third kappa shape index (κ3) is 3.58. The van der Waals surface area contributed by atoms with Gasteiger partial charge in [0.2, 0.25) is 0 Å². The van der Waals surface area contributed by atoms with E-state index >= 15 is 0 Å². The maximum atomic E-state index is 2.67. The molecule has 2 spiro atoms. The lowest BCUT2D eigenvalue weighted by Crippen LogP contribution is -2.48. The topological polar surface area (TPSA) is 3.24 Å². The molecule has 0 aliphatic heterocycles. The number of anilines is 3. The van der Waals surface area contributed by atoms with E-state index in [0.29, 0.717) is 0 Å². The Balaban J connectivity index is 1.17. The Bertz CT molecular complexity index is 2060. The molecule has 0 N–H and O–H groups in total. The fourth-order valence-electron chi connectivity index (χ4n) is 12.8. The lowest BCUT2D eigenvalue weighted by atomic mass is 9.50. The van der Waals surface area contributed by atoms with E-state index in [1.165, 1.54) is 110 Å². The van der Waals surface area contributed by atoms with Crippen molar-refractivity contribution in [3.05, 3.63) is 138 Å². The summed E-state index contributed by atoms with van der Waals surface area (Å²) in [5, 5.41) is 0. The molecule has 0 radical (unpaired) electrons. The summed E-state index contributed by atoms with van der Waals surface area (Å²) in [5.74, 6) is 3.28. The summed E-state index contributed by atoms with van der Waals surface area (Å²) in [6.45, 7) is 0. The zero-order chi connectivity index (χ0) is 31.5. The smallest absolute Gasteiger partial charge is 0.0509 e. The van der Waals surface area contributed by atoms with Crippen LogP contribution < -0.4 is 4.90 Å². The monoisotopic (exact) mass is 623 g/mol. The summed E-state index contributed by atoms with van der Waals surface area (Å²) in [6, 6.07) is 45.1. The Morgan fingerprint density at radius 1 is 0.479 bits per heavy atom. The fraction of sp³-hybridized carbons (Fsp3) is 0.362. The minimum Gasteiger partial charge on any atom is -0.310 e. The first-order valence-electron chi connectivity index (χ1n) is 19.1. The van der Waals surface area contributed by atoms with Crippen molar-refractivity contribution in [1.82, 2.24) is 0 Å². The minimum absolute atomic E-state index is 0.0960. The van der Waals surface area contributed by atoms with Crippen LogP contribution in [0.3, 0.4) is 0 Å². The van der Waals surface area contributed by atoms with Gasteiger partial charge in [-0.1, -0.05) is 111 Å². The molecule has 1 heteroatoms. The van der Waals surface area contributed by atoms with Crippen molar-refractivity contribution in [2.75, 3.05) is 4.90 Å². The number of nitrogens with zero attached hydrogens (tertiary/aromatic N) is 1. The third-order valence-electron chi connectivity index (χ3n) is 14.3. The predicted molar refractivity (Wildman–Crippen MR) is 198 cm³/mol. The average Bonchev–Trinajstić information content (AvgIpc) is 3.47. The Morgan fingerprint density at radius 2 is 1.17 bits per heavy atom. The van der Waals surface area contributed by atoms with E-state index in [-0.39, 0.29) is 10.8 Å². The maximum Gasteiger partial charge on any atom is 0.0509 e. The van der Waals surface area contributed by atoms with E-state index in [9.17, 15) is 0 Å². The molecule has 0 amide bonds. The number of para-hydroxylation sites is 1. The average molecular weight is 624 g/mol. The highest BCUT2D eigenvalue weighted by Gasteiger charge is 2.60. The van der Waals surface area contributed by atoms with Gasteiger partial charge in [0, 0.05) is 22.2 Å². The molecule has 7 aliphatic carbocycles. The molecule has 7 aliphatic rings. The minimum atomic E-state index is 0.0960. The van der Waals surface area contributed by atoms with Crippen LogP contribution in [-0.4, -0.2) is 0 Å². The molecular weight excluding hydrogens is 579 g/mol. The lowest BCUT2D eigenvalue weighted by Gasteiger charge is -2.53. The molecule has 0 saturated heterocycles. The van der Waals surface area contributed by atoms with Crippen LogP contribution in [0.2, 0.25) is 0 Å². The summed E-state index contributed by atoms with van der Waals surface area (Å²) in [5.41, 5.74) is 16.6. The summed E-state index contributed by atoms with van der Waals surface area (Å²) in [4.78, 5) is 2.67. The lowest BCUT2D eigenvalue weighted by molar-refractivity contribution is 0.0621. The molecule has 1 nitrogen and oxygen atoms in total. The van der Waals surface area contributed by atoms with Gasteiger partial charge in [-0.2, -0.15) is 0 Å². The normalized spacial score (nSPS) is 28.2. The molecule has 5 saturated carbocycles. The van der Waals surface area contributed by atoms with Gasteiger partial charge in [0.25, 0.3) is 0 Å². The van der Waals surface area contributed by atoms with Gasteiger partial charge in [0.05, 0.1) is 5.69 Å². The first-order chi connectivity index (χ1) is 23.8. The molecule has 12 rings (SSSR count). The van der Waals surface area contributed by atoms with Crippen LogP contribution in [0, 0.1) is 23.7 Å². The van der Waals surface area contributed by atoms with E-state index in [0.717, 1.165) is 23.7 Å². The van der Waals surface area contributed by atoms with Crippen molar-refractivity contribution >= 4 is 17.1 Å². The van der Waals surface area contributed by atoms with Crippen LogP contribution in [-0.2, 0) is 10.8 Å². The molecule has 5 aromatic rings. The summed E-state index contributed by atoms with van der Waals surface area (Å²) >= 11 is 0. The van der Waals surface area contributed by atoms with Crippen LogP contribution in [0.15, 0.2) is 115 Å². The van der Waals surface area contributed by atoms with Crippen molar-refractivity contribution in [3.63, 3.8) is 0 Å².